The fraction of sp³-hybridized carbons (Fsp3) is 0.750. The van der Waals surface area contributed by atoms with Crippen LogP contribution in [0.4, 0.5) is 0 Å². The number of likely N-dealkylation sites (N-methyl/N-ethyl adjacent to an activating group) is 1. The van der Waals surface area contributed by atoms with Crippen LogP contribution in [0, 0.1) is 5.41 Å². The molecule has 0 aliphatic carbocycles. The largest absolute Gasteiger partial charge is 0.491 e. The van der Waals surface area contributed by atoms with Gasteiger partial charge in [0.25, 0.3) is 0 Å². The Morgan fingerprint density at radius 1 is 1.07 bits per heavy atom. The average Bonchev–Trinajstić information content (AvgIpc) is 2.49. The van der Waals surface area contributed by atoms with Crippen molar-refractivity contribution < 1.29 is 19.1 Å². The van der Waals surface area contributed by atoms with E-state index in [9.17, 15) is 5.11 Å². The molecule has 28 heavy (non-hydrogen) atoms. The van der Waals surface area contributed by atoms with E-state index in [1.165, 1.54) is 5.56 Å². The summed E-state index contributed by atoms with van der Waals surface area (Å²) >= 11 is 0. The lowest BCUT2D eigenvalue weighted by atomic mass is 9.72. The summed E-state index contributed by atoms with van der Waals surface area (Å²) in [6, 6.07) is 8.38. The number of hydrogen-bond acceptors (Lipinski definition) is 3. The highest BCUT2D eigenvalue weighted by molar-refractivity contribution is 5.31. The maximum absolute atomic E-state index is 10.5. The SMILES string of the molecule is C[C@@H]1C[N+](C)(C[C@@H](O)COc2ccc(C(C)(C)CC(C)(C)C)cc2)C[C@H](C)O1. The lowest BCUT2D eigenvalue weighted by molar-refractivity contribution is -0.926. The minimum absolute atomic E-state index is 0.124. The van der Waals surface area contributed by atoms with Gasteiger partial charge in [-0.15, -0.1) is 0 Å². The molecular formula is C24H42NO3+. The van der Waals surface area contributed by atoms with Gasteiger partial charge in [-0.2, -0.15) is 0 Å². The first-order valence-electron chi connectivity index (χ1n) is 10.7. The molecule has 1 fully saturated rings. The molecule has 0 saturated carbocycles. The second kappa shape index (κ2) is 8.73. The van der Waals surface area contributed by atoms with Crippen LogP contribution in [0.2, 0.25) is 0 Å². The number of benzene rings is 1. The number of nitrogens with zero attached hydrogens (tertiary/aromatic N) is 1. The molecule has 0 amide bonds. The number of hydrogen-bond donors (Lipinski definition) is 1. The number of quaternary nitrogens is 1. The van der Waals surface area contributed by atoms with Crippen molar-refractivity contribution >= 4 is 0 Å². The molecule has 160 valence electrons. The molecule has 2 rings (SSSR count). The van der Waals surface area contributed by atoms with Crippen molar-refractivity contribution in [1.82, 2.24) is 0 Å². The smallest absolute Gasteiger partial charge is 0.137 e. The van der Waals surface area contributed by atoms with E-state index in [-0.39, 0.29) is 23.0 Å². The molecule has 0 spiro atoms. The second-order valence-corrected chi connectivity index (χ2v) is 11.0. The van der Waals surface area contributed by atoms with Crippen LogP contribution in [0.25, 0.3) is 0 Å². The molecular weight excluding hydrogens is 350 g/mol. The minimum atomic E-state index is -0.487. The van der Waals surface area contributed by atoms with Crippen LogP contribution in [0.15, 0.2) is 24.3 Å². The van der Waals surface area contributed by atoms with Crippen LogP contribution in [0.3, 0.4) is 0 Å². The van der Waals surface area contributed by atoms with Gasteiger partial charge in [-0.25, -0.2) is 0 Å². The van der Waals surface area contributed by atoms with Gasteiger partial charge >= 0.3 is 0 Å². The van der Waals surface area contributed by atoms with E-state index in [2.05, 4.69) is 67.6 Å². The lowest BCUT2D eigenvalue weighted by Gasteiger charge is -2.43. The Labute approximate surface area is 172 Å². The molecule has 1 aliphatic rings. The van der Waals surface area contributed by atoms with Crippen molar-refractivity contribution in [2.75, 3.05) is 33.3 Å². The standard InChI is InChI=1S/C24H42NO3/c1-18-13-25(8,14-19(2)28-18)15-21(26)16-27-22-11-9-20(10-12-22)24(6,7)17-23(3,4)5/h9-12,18-19,21,26H,13-17H2,1-8H3/q+1/t18-,19+,21-,25?/m1/s1. The summed E-state index contributed by atoms with van der Waals surface area (Å²) in [5.41, 5.74) is 1.74. The summed E-state index contributed by atoms with van der Waals surface area (Å²) in [6.45, 7) is 18.5. The van der Waals surface area contributed by atoms with Crippen molar-refractivity contribution in [3.8, 4) is 5.75 Å². The molecule has 1 N–H and O–H groups in total. The summed E-state index contributed by atoms with van der Waals surface area (Å²) in [5, 5.41) is 10.5. The number of ether oxygens (including phenoxy) is 2. The van der Waals surface area contributed by atoms with Crippen molar-refractivity contribution in [2.45, 2.75) is 78.6 Å². The van der Waals surface area contributed by atoms with Crippen LogP contribution in [-0.4, -0.2) is 61.2 Å². The first-order valence-corrected chi connectivity index (χ1v) is 10.7. The monoisotopic (exact) mass is 392 g/mol. The Morgan fingerprint density at radius 2 is 1.61 bits per heavy atom. The number of aliphatic hydroxyl groups is 1. The maximum atomic E-state index is 10.5. The molecule has 0 aromatic heterocycles. The van der Waals surface area contributed by atoms with Gasteiger partial charge in [0.05, 0.1) is 7.05 Å². The number of morpholine rings is 1. The minimum Gasteiger partial charge on any atom is -0.491 e. The topological polar surface area (TPSA) is 38.7 Å². The Kier molecular flexibility index (Phi) is 7.22. The fourth-order valence-electron chi connectivity index (χ4n) is 5.13. The van der Waals surface area contributed by atoms with Crippen molar-refractivity contribution in [1.29, 1.82) is 0 Å². The van der Waals surface area contributed by atoms with Gasteiger partial charge in [0, 0.05) is 0 Å². The molecule has 1 aromatic carbocycles. The van der Waals surface area contributed by atoms with E-state index < -0.39 is 6.10 Å². The van der Waals surface area contributed by atoms with Gasteiger partial charge in [0.2, 0.25) is 0 Å². The Bertz CT molecular complexity index is 608. The van der Waals surface area contributed by atoms with Crippen LogP contribution in [-0.2, 0) is 10.2 Å². The van der Waals surface area contributed by atoms with Crippen LogP contribution < -0.4 is 4.74 Å². The number of aliphatic hydroxyl groups excluding tert-OH is 1. The third-order valence-electron chi connectivity index (χ3n) is 5.56. The van der Waals surface area contributed by atoms with Gasteiger partial charge in [0.15, 0.2) is 0 Å². The van der Waals surface area contributed by atoms with E-state index in [1.54, 1.807) is 0 Å². The molecule has 1 saturated heterocycles. The van der Waals surface area contributed by atoms with Crippen molar-refractivity contribution in [3.05, 3.63) is 29.8 Å². The van der Waals surface area contributed by atoms with Crippen LogP contribution in [0.1, 0.15) is 60.5 Å². The fourth-order valence-corrected chi connectivity index (χ4v) is 5.13. The molecule has 1 aromatic rings. The quantitative estimate of drug-likeness (QED) is 0.699. The maximum Gasteiger partial charge on any atom is 0.137 e. The summed E-state index contributed by atoms with van der Waals surface area (Å²) in [5.74, 6) is 0.820. The summed E-state index contributed by atoms with van der Waals surface area (Å²) in [6.07, 6.45) is 1.09. The van der Waals surface area contributed by atoms with Crippen LogP contribution in [0.5, 0.6) is 5.75 Å². The Hall–Kier alpha value is -1.10. The van der Waals surface area contributed by atoms with Crippen molar-refractivity contribution in [2.24, 2.45) is 5.41 Å². The van der Waals surface area contributed by atoms with E-state index in [1.807, 2.05) is 12.1 Å². The molecule has 0 radical (unpaired) electrons. The third-order valence-corrected chi connectivity index (χ3v) is 5.56. The first-order chi connectivity index (χ1) is 12.8. The average molecular weight is 393 g/mol. The van der Waals surface area contributed by atoms with Gasteiger partial charge in [-0.1, -0.05) is 46.8 Å². The van der Waals surface area contributed by atoms with E-state index in [0.717, 1.165) is 29.7 Å². The van der Waals surface area contributed by atoms with Gasteiger partial charge < -0.3 is 19.1 Å². The normalized spacial score (nSPS) is 27.5. The highest BCUT2D eigenvalue weighted by Gasteiger charge is 2.35. The van der Waals surface area contributed by atoms with Crippen LogP contribution >= 0.6 is 0 Å². The van der Waals surface area contributed by atoms with Gasteiger partial charge in [-0.3, -0.25) is 0 Å². The Balaban J connectivity index is 1.89. The highest BCUT2D eigenvalue weighted by atomic mass is 16.5. The highest BCUT2D eigenvalue weighted by Crippen LogP contribution is 2.36. The summed E-state index contributed by atoms with van der Waals surface area (Å²) < 4.78 is 12.5. The molecule has 1 unspecified atom stereocenters. The second-order valence-electron chi connectivity index (χ2n) is 11.0. The van der Waals surface area contributed by atoms with E-state index in [0.29, 0.717) is 13.2 Å². The molecule has 4 heteroatoms. The zero-order chi connectivity index (χ0) is 21.2. The number of rotatable bonds is 7. The van der Waals surface area contributed by atoms with E-state index in [4.69, 9.17) is 9.47 Å². The molecule has 0 bridgehead atoms. The molecule has 4 nitrogen and oxygen atoms in total. The van der Waals surface area contributed by atoms with Gasteiger partial charge in [0.1, 0.15) is 50.3 Å². The summed E-state index contributed by atoms with van der Waals surface area (Å²) in [4.78, 5) is 0. The predicted molar refractivity (Wildman–Crippen MR) is 116 cm³/mol. The molecule has 4 atom stereocenters. The predicted octanol–water partition coefficient (Wildman–Crippen LogP) is 4.39. The third kappa shape index (κ3) is 7.06. The zero-order valence-electron chi connectivity index (χ0n) is 19.3. The van der Waals surface area contributed by atoms with E-state index >= 15 is 0 Å². The van der Waals surface area contributed by atoms with Gasteiger partial charge in [-0.05, 0) is 48.8 Å². The van der Waals surface area contributed by atoms with Crippen molar-refractivity contribution in [3.63, 3.8) is 0 Å². The first kappa shape index (κ1) is 23.2. The zero-order valence-corrected chi connectivity index (χ0v) is 19.3. The summed E-state index contributed by atoms with van der Waals surface area (Å²) in [7, 11) is 2.20. The lowest BCUT2D eigenvalue weighted by Crippen LogP contribution is -2.60. The Morgan fingerprint density at radius 3 is 2.11 bits per heavy atom. The molecule has 1 aliphatic heterocycles. The molecule has 1 heterocycles.